The van der Waals surface area contributed by atoms with Crippen molar-refractivity contribution in [3.05, 3.63) is 29.7 Å². The third-order valence-corrected chi connectivity index (χ3v) is 3.59. The number of aliphatic carboxylic acids is 1. The van der Waals surface area contributed by atoms with Crippen molar-refractivity contribution in [1.82, 2.24) is 24.9 Å². The zero-order valence-corrected chi connectivity index (χ0v) is 13.5. The molecule has 0 spiro atoms. The molecule has 0 saturated carbocycles. The average Bonchev–Trinajstić information content (AvgIpc) is 3.10. The molecule has 0 saturated heterocycles. The van der Waals surface area contributed by atoms with E-state index in [0.717, 1.165) is 12.8 Å². The molecular formula is C15H21N5O3. The Kier molecular flexibility index (Phi) is 5.15. The molecule has 0 bridgehead atoms. The van der Waals surface area contributed by atoms with Crippen molar-refractivity contribution in [2.45, 2.75) is 39.2 Å². The minimum absolute atomic E-state index is 0.332. The van der Waals surface area contributed by atoms with Gasteiger partial charge >= 0.3 is 5.97 Å². The van der Waals surface area contributed by atoms with Crippen LogP contribution in [0.15, 0.2) is 18.5 Å². The van der Waals surface area contributed by atoms with Crippen LogP contribution in [0.1, 0.15) is 42.2 Å². The van der Waals surface area contributed by atoms with Crippen LogP contribution in [0.3, 0.4) is 0 Å². The number of aromatic nitrogens is 4. The SMILES string of the molecule is CCCCC(NC(=O)c1c(C)nn(C)c1-n1cccn1)C(=O)O. The fourth-order valence-electron chi connectivity index (χ4n) is 2.46. The number of carbonyl (C=O) groups is 2. The lowest BCUT2D eigenvalue weighted by Crippen LogP contribution is -2.41. The second-order valence-electron chi connectivity index (χ2n) is 5.36. The Morgan fingerprint density at radius 2 is 2.17 bits per heavy atom. The van der Waals surface area contributed by atoms with Crippen LogP contribution in [0.5, 0.6) is 0 Å². The molecule has 23 heavy (non-hydrogen) atoms. The van der Waals surface area contributed by atoms with E-state index < -0.39 is 17.9 Å². The molecule has 0 fully saturated rings. The number of rotatable bonds is 7. The van der Waals surface area contributed by atoms with Gasteiger partial charge in [-0.3, -0.25) is 4.79 Å². The molecule has 2 N–H and O–H groups in total. The Bertz CT molecular complexity index is 690. The number of nitrogens with one attached hydrogen (secondary N) is 1. The maximum atomic E-state index is 12.6. The van der Waals surface area contributed by atoms with Gasteiger partial charge < -0.3 is 10.4 Å². The van der Waals surface area contributed by atoms with E-state index in [2.05, 4.69) is 15.5 Å². The number of carboxylic acids is 1. The van der Waals surface area contributed by atoms with Gasteiger partial charge in [0.2, 0.25) is 0 Å². The smallest absolute Gasteiger partial charge is 0.326 e. The number of aryl methyl sites for hydroxylation is 2. The van der Waals surface area contributed by atoms with Crippen LogP contribution in [0.4, 0.5) is 0 Å². The Labute approximate surface area is 134 Å². The highest BCUT2D eigenvalue weighted by atomic mass is 16.4. The summed E-state index contributed by atoms with van der Waals surface area (Å²) in [5.74, 6) is -0.983. The highest BCUT2D eigenvalue weighted by molar-refractivity contribution is 6.00. The molecule has 8 heteroatoms. The zero-order chi connectivity index (χ0) is 17.0. The van der Waals surface area contributed by atoms with Crippen molar-refractivity contribution in [3.8, 4) is 5.82 Å². The van der Waals surface area contributed by atoms with Gasteiger partial charge in [-0.1, -0.05) is 19.8 Å². The molecule has 8 nitrogen and oxygen atoms in total. The molecule has 0 aliphatic carbocycles. The highest BCUT2D eigenvalue weighted by Gasteiger charge is 2.26. The standard InChI is InChI=1S/C15H21N5O3/c1-4-5-7-11(15(22)23)17-13(21)12-10(2)18-19(3)14(12)20-9-6-8-16-20/h6,8-9,11H,4-5,7H2,1-3H3,(H,17,21)(H,22,23). The number of hydrogen-bond donors (Lipinski definition) is 2. The van der Waals surface area contributed by atoms with Crippen molar-refractivity contribution >= 4 is 11.9 Å². The van der Waals surface area contributed by atoms with Gasteiger partial charge in [0, 0.05) is 19.4 Å². The first-order chi connectivity index (χ1) is 11.0. The number of nitrogens with zero attached hydrogens (tertiary/aromatic N) is 4. The van der Waals surface area contributed by atoms with E-state index in [9.17, 15) is 14.7 Å². The number of carbonyl (C=O) groups excluding carboxylic acids is 1. The summed E-state index contributed by atoms with van der Waals surface area (Å²) in [4.78, 5) is 23.9. The lowest BCUT2D eigenvalue weighted by Gasteiger charge is -2.14. The molecule has 2 rings (SSSR count). The maximum absolute atomic E-state index is 12.6. The summed E-state index contributed by atoms with van der Waals surface area (Å²) in [6.45, 7) is 3.69. The second-order valence-corrected chi connectivity index (χ2v) is 5.36. The summed E-state index contributed by atoms with van der Waals surface area (Å²) in [6.07, 6.45) is 5.30. The summed E-state index contributed by atoms with van der Waals surface area (Å²) < 4.78 is 3.09. The van der Waals surface area contributed by atoms with Gasteiger partial charge in [0.1, 0.15) is 11.6 Å². The van der Waals surface area contributed by atoms with Crippen molar-refractivity contribution in [2.24, 2.45) is 7.05 Å². The largest absolute Gasteiger partial charge is 0.480 e. The van der Waals surface area contributed by atoms with Crippen LogP contribution in [-0.4, -0.2) is 42.6 Å². The fourth-order valence-corrected chi connectivity index (χ4v) is 2.46. The molecule has 1 atom stereocenters. The molecule has 1 amide bonds. The van der Waals surface area contributed by atoms with Crippen LogP contribution in [0, 0.1) is 6.92 Å². The quantitative estimate of drug-likeness (QED) is 0.800. The average molecular weight is 319 g/mol. The molecular weight excluding hydrogens is 298 g/mol. The molecule has 2 aromatic heterocycles. The zero-order valence-electron chi connectivity index (χ0n) is 13.5. The number of hydrogen-bond acceptors (Lipinski definition) is 4. The van der Waals surface area contributed by atoms with E-state index in [1.54, 1.807) is 37.1 Å². The van der Waals surface area contributed by atoms with Crippen LogP contribution < -0.4 is 5.32 Å². The van der Waals surface area contributed by atoms with E-state index in [-0.39, 0.29) is 0 Å². The summed E-state index contributed by atoms with van der Waals surface area (Å²) in [7, 11) is 1.71. The van der Waals surface area contributed by atoms with Crippen molar-refractivity contribution in [1.29, 1.82) is 0 Å². The molecule has 0 aliphatic heterocycles. The third-order valence-electron chi connectivity index (χ3n) is 3.59. The van der Waals surface area contributed by atoms with Gasteiger partial charge in [-0.2, -0.15) is 10.2 Å². The molecule has 2 aromatic rings. The van der Waals surface area contributed by atoms with Crippen LogP contribution >= 0.6 is 0 Å². The lowest BCUT2D eigenvalue weighted by molar-refractivity contribution is -0.139. The second kappa shape index (κ2) is 7.08. The van der Waals surface area contributed by atoms with Crippen LogP contribution in [-0.2, 0) is 11.8 Å². The normalized spacial score (nSPS) is 12.1. The van der Waals surface area contributed by atoms with Gasteiger partial charge in [-0.15, -0.1) is 0 Å². The monoisotopic (exact) mass is 319 g/mol. The Morgan fingerprint density at radius 1 is 1.43 bits per heavy atom. The highest BCUT2D eigenvalue weighted by Crippen LogP contribution is 2.17. The number of unbranched alkanes of at least 4 members (excludes halogenated alkanes) is 1. The minimum atomic E-state index is -1.03. The van der Waals surface area contributed by atoms with Gasteiger partial charge in [-0.25, -0.2) is 14.2 Å². The predicted molar refractivity (Wildman–Crippen MR) is 83.5 cm³/mol. The Morgan fingerprint density at radius 3 is 2.74 bits per heavy atom. The Balaban J connectivity index is 2.30. The predicted octanol–water partition coefficient (Wildman–Crippen LogP) is 1.29. The molecule has 124 valence electrons. The molecule has 0 aromatic carbocycles. The van der Waals surface area contributed by atoms with Crippen molar-refractivity contribution < 1.29 is 14.7 Å². The maximum Gasteiger partial charge on any atom is 0.326 e. The van der Waals surface area contributed by atoms with Gasteiger partial charge in [0.15, 0.2) is 5.82 Å². The summed E-state index contributed by atoms with van der Waals surface area (Å²) in [5, 5.41) is 20.2. The summed E-state index contributed by atoms with van der Waals surface area (Å²) >= 11 is 0. The van der Waals surface area contributed by atoms with Crippen molar-refractivity contribution in [3.63, 3.8) is 0 Å². The first-order valence-electron chi connectivity index (χ1n) is 7.53. The lowest BCUT2D eigenvalue weighted by atomic mass is 10.1. The van der Waals surface area contributed by atoms with E-state index in [1.165, 1.54) is 4.68 Å². The first-order valence-corrected chi connectivity index (χ1v) is 7.53. The van der Waals surface area contributed by atoms with E-state index in [0.29, 0.717) is 23.5 Å². The van der Waals surface area contributed by atoms with Gasteiger partial charge in [0.25, 0.3) is 5.91 Å². The molecule has 1 unspecified atom stereocenters. The number of amides is 1. The third kappa shape index (κ3) is 3.58. The van der Waals surface area contributed by atoms with Gasteiger partial charge in [0.05, 0.1) is 5.69 Å². The topological polar surface area (TPSA) is 102 Å². The number of carboxylic acid groups (broad SMARTS) is 1. The molecule has 2 heterocycles. The van der Waals surface area contributed by atoms with E-state index in [4.69, 9.17) is 0 Å². The van der Waals surface area contributed by atoms with Gasteiger partial charge in [-0.05, 0) is 19.4 Å². The Hall–Kier alpha value is -2.64. The summed E-state index contributed by atoms with van der Waals surface area (Å²) in [6, 6.07) is 0.832. The molecule has 0 radical (unpaired) electrons. The molecule has 0 aliphatic rings. The fraction of sp³-hybridized carbons (Fsp3) is 0.467. The van der Waals surface area contributed by atoms with E-state index in [1.807, 2.05) is 6.92 Å². The van der Waals surface area contributed by atoms with Crippen molar-refractivity contribution in [2.75, 3.05) is 0 Å². The van der Waals surface area contributed by atoms with E-state index >= 15 is 0 Å². The minimum Gasteiger partial charge on any atom is -0.480 e. The van der Waals surface area contributed by atoms with Crippen LogP contribution in [0.25, 0.3) is 5.82 Å². The first kappa shape index (κ1) is 16.7. The van der Waals surface area contributed by atoms with Crippen LogP contribution in [0.2, 0.25) is 0 Å². The summed E-state index contributed by atoms with van der Waals surface area (Å²) in [5.41, 5.74) is 0.856.